The van der Waals surface area contributed by atoms with E-state index < -0.39 is 5.97 Å². The third-order valence-electron chi connectivity index (χ3n) is 2.72. The summed E-state index contributed by atoms with van der Waals surface area (Å²) in [5, 5.41) is 13.5. The van der Waals surface area contributed by atoms with E-state index in [1.807, 2.05) is 11.4 Å². The minimum absolute atomic E-state index is 0.103. The predicted molar refractivity (Wildman–Crippen MR) is 81.5 cm³/mol. The summed E-state index contributed by atoms with van der Waals surface area (Å²) < 4.78 is 0.797. The quantitative estimate of drug-likeness (QED) is 0.867. The zero-order valence-electron chi connectivity index (χ0n) is 10.4. The Labute approximate surface area is 128 Å². The number of aromatic carboxylic acids is 1. The van der Waals surface area contributed by atoms with E-state index in [0.717, 1.165) is 10.0 Å². The molecule has 1 aromatic heterocycles. The molecule has 0 aliphatic carbocycles. The maximum Gasteiger partial charge on any atom is 0.335 e. The molecule has 2 rings (SSSR count). The predicted octanol–water partition coefficient (Wildman–Crippen LogP) is 3.18. The largest absolute Gasteiger partial charge is 0.478 e. The van der Waals surface area contributed by atoms with Crippen molar-refractivity contribution in [2.45, 2.75) is 6.42 Å². The van der Waals surface area contributed by atoms with Gasteiger partial charge in [-0.3, -0.25) is 4.79 Å². The van der Waals surface area contributed by atoms with Gasteiger partial charge >= 0.3 is 5.97 Å². The van der Waals surface area contributed by atoms with E-state index in [-0.39, 0.29) is 11.5 Å². The molecule has 0 atom stereocenters. The number of thiophene rings is 1. The molecule has 1 aromatic carbocycles. The van der Waals surface area contributed by atoms with Crippen LogP contribution in [0.2, 0.25) is 0 Å². The minimum Gasteiger partial charge on any atom is -0.478 e. The minimum atomic E-state index is -0.938. The second kappa shape index (κ2) is 6.67. The number of benzene rings is 1. The smallest absolute Gasteiger partial charge is 0.335 e. The van der Waals surface area contributed by atoms with Crippen LogP contribution in [0.5, 0.6) is 0 Å². The standard InChI is InChI=1S/C14H12BrNO3S/c15-11-6-8-20-12(11)13(17)16-7-5-9-1-3-10(4-2-9)14(18)19/h1-4,6,8H,5,7H2,(H,16,17)(H,18,19). The molecule has 0 radical (unpaired) electrons. The lowest BCUT2D eigenvalue weighted by atomic mass is 10.1. The highest BCUT2D eigenvalue weighted by molar-refractivity contribution is 9.10. The van der Waals surface area contributed by atoms with Gasteiger partial charge in [0.2, 0.25) is 0 Å². The maximum absolute atomic E-state index is 11.9. The van der Waals surface area contributed by atoms with E-state index in [4.69, 9.17) is 5.11 Å². The lowest BCUT2D eigenvalue weighted by Gasteiger charge is -2.05. The van der Waals surface area contributed by atoms with Gasteiger partial charge in [0.25, 0.3) is 5.91 Å². The van der Waals surface area contributed by atoms with Crippen LogP contribution in [-0.4, -0.2) is 23.5 Å². The molecule has 6 heteroatoms. The van der Waals surface area contributed by atoms with E-state index in [0.29, 0.717) is 17.8 Å². The highest BCUT2D eigenvalue weighted by Gasteiger charge is 2.10. The van der Waals surface area contributed by atoms with Gasteiger partial charge in [0, 0.05) is 11.0 Å². The van der Waals surface area contributed by atoms with Crippen molar-refractivity contribution in [1.82, 2.24) is 5.32 Å². The fourth-order valence-electron chi connectivity index (χ4n) is 1.67. The molecular weight excluding hydrogens is 342 g/mol. The number of halogens is 1. The van der Waals surface area contributed by atoms with Crippen LogP contribution in [0, 0.1) is 0 Å². The fraction of sp³-hybridized carbons (Fsp3) is 0.143. The van der Waals surface area contributed by atoms with Gasteiger partial charge in [-0.1, -0.05) is 12.1 Å². The van der Waals surface area contributed by atoms with Crippen LogP contribution in [0.1, 0.15) is 25.6 Å². The highest BCUT2D eigenvalue weighted by Crippen LogP contribution is 2.22. The summed E-state index contributed by atoms with van der Waals surface area (Å²) >= 11 is 4.70. The van der Waals surface area contributed by atoms with Gasteiger partial charge < -0.3 is 10.4 Å². The van der Waals surface area contributed by atoms with Crippen molar-refractivity contribution in [1.29, 1.82) is 0 Å². The number of hydrogen-bond acceptors (Lipinski definition) is 3. The van der Waals surface area contributed by atoms with Crippen molar-refractivity contribution in [3.8, 4) is 0 Å². The molecular formula is C14H12BrNO3S. The van der Waals surface area contributed by atoms with Gasteiger partial charge in [-0.25, -0.2) is 4.79 Å². The molecule has 0 aliphatic heterocycles. The molecule has 1 heterocycles. The van der Waals surface area contributed by atoms with E-state index in [1.54, 1.807) is 24.3 Å². The van der Waals surface area contributed by atoms with E-state index >= 15 is 0 Å². The third kappa shape index (κ3) is 3.68. The topological polar surface area (TPSA) is 66.4 Å². The molecule has 104 valence electrons. The van der Waals surface area contributed by atoms with Crippen molar-refractivity contribution in [3.63, 3.8) is 0 Å². The first-order valence-corrected chi connectivity index (χ1v) is 7.58. The van der Waals surface area contributed by atoms with Gasteiger partial charge in [-0.2, -0.15) is 0 Å². The molecule has 0 spiro atoms. The third-order valence-corrected chi connectivity index (χ3v) is 4.56. The first-order chi connectivity index (χ1) is 9.58. The van der Waals surface area contributed by atoms with Gasteiger partial charge in [-0.05, 0) is 51.5 Å². The lowest BCUT2D eigenvalue weighted by Crippen LogP contribution is -2.25. The second-order valence-electron chi connectivity index (χ2n) is 4.11. The summed E-state index contributed by atoms with van der Waals surface area (Å²) in [6.45, 7) is 0.510. The van der Waals surface area contributed by atoms with Crippen molar-refractivity contribution >= 4 is 39.1 Å². The summed E-state index contributed by atoms with van der Waals surface area (Å²) in [7, 11) is 0. The Morgan fingerprint density at radius 1 is 1.20 bits per heavy atom. The Morgan fingerprint density at radius 3 is 2.45 bits per heavy atom. The Balaban J connectivity index is 1.85. The molecule has 2 N–H and O–H groups in total. The first kappa shape index (κ1) is 14.7. The maximum atomic E-state index is 11.9. The van der Waals surface area contributed by atoms with Crippen molar-refractivity contribution in [3.05, 3.63) is 56.2 Å². The Kier molecular flexibility index (Phi) is 4.92. The summed E-state index contributed by atoms with van der Waals surface area (Å²) in [5.74, 6) is -1.04. The molecule has 0 aliphatic rings. The SMILES string of the molecule is O=C(O)c1ccc(CCNC(=O)c2sccc2Br)cc1. The van der Waals surface area contributed by atoms with Crippen LogP contribution < -0.4 is 5.32 Å². The molecule has 20 heavy (non-hydrogen) atoms. The van der Waals surface area contributed by atoms with Crippen LogP contribution in [0.4, 0.5) is 0 Å². The zero-order valence-corrected chi connectivity index (χ0v) is 12.8. The number of hydrogen-bond donors (Lipinski definition) is 2. The molecule has 0 unspecified atom stereocenters. The summed E-state index contributed by atoms with van der Waals surface area (Å²) in [5.41, 5.74) is 1.25. The zero-order chi connectivity index (χ0) is 14.5. The average Bonchev–Trinajstić information content (AvgIpc) is 2.85. The highest BCUT2D eigenvalue weighted by atomic mass is 79.9. The van der Waals surface area contributed by atoms with Crippen LogP contribution >= 0.6 is 27.3 Å². The lowest BCUT2D eigenvalue weighted by molar-refractivity contribution is 0.0696. The summed E-state index contributed by atoms with van der Waals surface area (Å²) in [4.78, 5) is 23.2. The van der Waals surface area contributed by atoms with Crippen LogP contribution in [0.15, 0.2) is 40.2 Å². The first-order valence-electron chi connectivity index (χ1n) is 5.91. The normalized spacial score (nSPS) is 10.2. The number of carbonyl (C=O) groups excluding carboxylic acids is 1. The number of carboxylic acids is 1. The van der Waals surface area contributed by atoms with Crippen LogP contribution in [-0.2, 0) is 6.42 Å². The van der Waals surface area contributed by atoms with Gasteiger partial charge in [0.05, 0.1) is 5.56 Å². The number of nitrogens with one attached hydrogen (secondary N) is 1. The van der Waals surface area contributed by atoms with Crippen molar-refractivity contribution in [2.24, 2.45) is 0 Å². The molecule has 4 nitrogen and oxygen atoms in total. The fourth-order valence-corrected chi connectivity index (χ4v) is 3.14. The Hall–Kier alpha value is -1.66. The Morgan fingerprint density at radius 2 is 1.90 bits per heavy atom. The van der Waals surface area contributed by atoms with E-state index in [9.17, 15) is 9.59 Å². The number of rotatable bonds is 5. The summed E-state index contributed by atoms with van der Waals surface area (Å²) in [6.07, 6.45) is 0.661. The second-order valence-corrected chi connectivity index (χ2v) is 5.88. The molecule has 0 saturated heterocycles. The van der Waals surface area contributed by atoms with E-state index in [1.165, 1.54) is 11.3 Å². The molecule has 0 bridgehead atoms. The molecule has 1 amide bonds. The van der Waals surface area contributed by atoms with Gasteiger partial charge in [0.15, 0.2) is 0 Å². The van der Waals surface area contributed by atoms with E-state index in [2.05, 4.69) is 21.2 Å². The van der Waals surface area contributed by atoms with Crippen LogP contribution in [0.25, 0.3) is 0 Å². The summed E-state index contributed by atoms with van der Waals surface area (Å²) in [6, 6.07) is 8.49. The van der Waals surface area contributed by atoms with Gasteiger partial charge in [0.1, 0.15) is 4.88 Å². The van der Waals surface area contributed by atoms with Crippen molar-refractivity contribution in [2.75, 3.05) is 6.54 Å². The average molecular weight is 354 g/mol. The molecule has 2 aromatic rings. The number of carboxylic acid groups (broad SMARTS) is 1. The monoisotopic (exact) mass is 353 g/mol. The molecule has 0 fully saturated rings. The van der Waals surface area contributed by atoms with Crippen molar-refractivity contribution < 1.29 is 14.7 Å². The van der Waals surface area contributed by atoms with Gasteiger partial charge in [-0.15, -0.1) is 11.3 Å². The Bertz CT molecular complexity index is 622. The molecule has 0 saturated carbocycles. The van der Waals surface area contributed by atoms with Crippen LogP contribution in [0.3, 0.4) is 0 Å². The number of carbonyl (C=O) groups is 2. The number of amides is 1.